The van der Waals surface area contributed by atoms with Crippen molar-refractivity contribution in [3.63, 3.8) is 0 Å². The highest BCUT2D eigenvalue weighted by Crippen LogP contribution is 2.37. The predicted molar refractivity (Wildman–Crippen MR) is 108 cm³/mol. The highest BCUT2D eigenvalue weighted by molar-refractivity contribution is 7.16. The third-order valence-corrected chi connectivity index (χ3v) is 5.91. The van der Waals surface area contributed by atoms with Gasteiger partial charge in [-0.1, -0.05) is 11.6 Å². The monoisotopic (exact) mass is 415 g/mol. The molecule has 0 aliphatic heterocycles. The third kappa shape index (κ3) is 4.10. The Bertz CT molecular complexity index is 983. The van der Waals surface area contributed by atoms with Crippen molar-refractivity contribution in [2.45, 2.75) is 31.7 Å². The summed E-state index contributed by atoms with van der Waals surface area (Å²) in [6.45, 7) is 0.349. The smallest absolute Gasteiger partial charge is 0.257 e. The number of amides is 2. The number of hydrogen-bond donors (Lipinski definition) is 2. The lowest BCUT2D eigenvalue weighted by Gasteiger charge is -2.20. The summed E-state index contributed by atoms with van der Waals surface area (Å²) in [4.78, 5) is 30.7. The summed E-state index contributed by atoms with van der Waals surface area (Å²) in [7, 11) is 0. The number of anilines is 1. The minimum absolute atomic E-state index is 0.0711. The van der Waals surface area contributed by atoms with Crippen LogP contribution in [0.3, 0.4) is 0 Å². The van der Waals surface area contributed by atoms with Crippen LogP contribution in [0.2, 0.25) is 5.02 Å². The summed E-state index contributed by atoms with van der Waals surface area (Å²) < 4.78 is 5.25. The molecule has 0 spiro atoms. The molecule has 1 unspecified atom stereocenters. The van der Waals surface area contributed by atoms with Crippen LogP contribution in [0.15, 0.2) is 47.1 Å². The Morgan fingerprint density at radius 3 is 2.82 bits per heavy atom. The van der Waals surface area contributed by atoms with E-state index in [1.54, 1.807) is 36.6 Å². The molecule has 8 heteroatoms. The largest absolute Gasteiger partial charge is 0.467 e. The molecule has 1 aliphatic rings. The summed E-state index contributed by atoms with van der Waals surface area (Å²) in [5.74, 6) is 0.0783. The van der Waals surface area contributed by atoms with Crippen LogP contribution >= 0.6 is 22.9 Å². The van der Waals surface area contributed by atoms with Crippen molar-refractivity contribution in [2.24, 2.45) is 0 Å². The maximum Gasteiger partial charge on any atom is 0.257 e. The van der Waals surface area contributed by atoms with Gasteiger partial charge in [-0.15, -0.1) is 11.3 Å². The Balaban J connectivity index is 1.46. The number of fused-ring (bicyclic) bond motifs is 1. The molecule has 1 atom stereocenters. The summed E-state index contributed by atoms with van der Waals surface area (Å²) in [5.41, 5.74) is 1.27. The molecule has 1 aromatic carbocycles. The van der Waals surface area contributed by atoms with Gasteiger partial charge in [-0.3, -0.25) is 14.9 Å². The highest BCUT2D eigenvalue weighted by Gasteiger charge is 2.30. The van der Waals surface area contributed by atoms with Crippen molar-refractivity contribution in [3.05, 3.63) is 69.6 Å². The van der Waals surface area contributed by atoms with E-state index in [-0.39, 0.29) is 17.7 Å². The first-order chi connectivity index (χ1) is 13.6. The van der Waals surface area contributed by atoms with E-state index in [0.29, 0.717) is 28.0 Å². The molecule has 3 aromatic rings. The SMILES string of the molecule is O=C(Nc1nc2c(s1)CCCC2C(=O)NCc1ccco1)c1ccc(Cl)cc1. The second-order valence-corrected chi connectivity index (χ2v) is 8.05. The number of benzene rings is 1. The zero-order valence-electron chi connectivity index (χ0n) is 14.9. The highest BCUT2D eigenvalue weighted by atomic mass is 35.5. The molecule has 0 radical (unpaired) electrons. The average molecular weight is 416 g/mol. The standard InChI is InChI=1S/C20H18ClN3O3S/c21-13-8-6-12(7-9-13)18(25)24-20-23-17-15(4-1-5-16(17)28-20)19(26)22-11-14-3-2-10-27-14/h2-3,6-10,15H,1,4-5,11H2,(H,22,26)(H,23,24,25). The number of aromatic nitrogens is 1. The Kier molecular flexibility index (Phi) is 5.45. The zero-order chi connectivity index (χ0) is 19.5. The van der Waals surface area contributed by atoms with E-state index in [2.05, 4.69) is 15.6 Å². The summed E-state index contributed by atoms with van der Waals surface area (Å²) in [6.07, 6.45) is 4.10. The number of thiazole rings is 1. The van der Waals surface area contributed by atoms with E-state index in [1.807, 2.05) is 6.07 Å². The topological polar surface area (TPSA) is 84.2 Å². The van der Waals surface area contributed by atoms with Gasteiger partial charge in [0.05, 0.1) is 24.4 Å². The van der Waals surface area contributed by atoms with Crippen molar-refractivity contribution in [1.82, 2.24) is 10.3 Å². The van der Waals surface area contributed by atoms with Crippen LogP contribution in [0.25, 0.3) is 0 Å². The van der Waals surface area contributed by atoms with Gasteiger partial charge in [0.15, 0.2) is 5.13 Å². The zero-order valence-corrected chi connectivity index (χ0v) is 16.5. The molecule has 0 saturated heterocycles. The number of hydrogen-bond acceptors (Lipinski definition) is 5. The molecular formula is C20H18ClN3O3S. The first kappa shape index (κ1) is 18.7. The first-order valence-corrected chi connectivity index (χ1v) is 10.2. The van der Waals surface area contributed by atoms with Crippen LogP contribution in [0.4, 0.5) is 5.13 Å². The molecule has 6 nitrogen and oxygen atoms in total. The van der Waals surface area contributed by atoms with Crippen molar-refractivity contribution in [1.29, 1.82) is 0 Å². The van der Waals surface area contributed by atoms with Gasteiger partial charge in [0, 0.05) is 15.5 Å². The Morgan fingerprint density at radius 2 is 2.07 bits per heavy atom. The fraction of sp³-hybridized carbons (Fsp3) is 0.250. The van der Waals surface area contributed by atoms with E-state index in [9.17, 15) is 9.59 Å². The lowest BCUT2D eigenvalue weighted by molar-refractivity contribution is -0.123. The van der Waals surface area contributed by atoms with Gasteiger partial charge in [0.2, 0.25) is 5.91 Å². The molecule has 1 aliphatic carbocycles. The van der Waals surface area contributed by atoms with Crippen LogP contribution in [0, 0.1) is 0 Å². The summed E-state index contributed by atoms with van der Waals surface area (Å²) in [5, 5.41) is 6.82. The maximum atomic E-state index is 12.7. The van der Waals surface area contributed by atoms with E-state index in [1.165, 1.54) is 11.3 Å². The van der Waals surface area contributed by atoms with Gasteiger partial charge in [-0.05, 0) is 55.7 Å². The molecule has 2 amide bonds. The van der Waals surface area contributed by atoms with Crippen molar-refractivity contribution >= 4 is 39.9 Å². The maximum absolute atomic E-state index is 12.7. The minimum Gasteiger partial charge on any atom is -0.467 e. The van der Waals surface area contributed by atoms with E-state index in [4.69, 9.17) is 16.0 Å². The lowest BCUT2D eigenvalue weighted by atomic mass is 9.90. The second kappa shape index (κ2) is 8.16. The molecule has 0 bridgehead atoms. The number of nitrogens with zero attached hydrogens (tertiary/aromatic N) is 1. The van der Waals surface area contributed by atoms with Crippen molar-refractivity contribution in [3.8, 4) is 0 Å². The first-order valence-electron chi connectivity index (χ1n) is 8.97. The molecule has 0 saturated carbocycles. The Hall–Kier alpha value is -2.64. The molecule has 2 N–H and O–H groups in total. The van der Waals surface area contributed by atoms with Crippen LogP contribution in [0.1, 0.15) is 45.4 Å². The van der Waals surface area contributed by atoms with Crippen molar-refractivity contribution < 1.29 is 14.0 Å². The third-order valence-electron chi connectivity index (χ3n) is 4.61. The van der Waals surface area contributed by atoms with Crippen LogP contribution in [0.5, 0.6) is 0 Å². The number of carbonyl (C=O) groups is 2. The Labute approximate surface area is 170 Å². The molecule has 2 aromatic heterocycles. The van der Waals surface area contributed by atoms with Crippen molar-refractivity contribution in [2.75, 3.05) is 5.32 Å². The lowest BCUT2D eigenvalue weighted by Crippen LogP contribution is -2.30. The molecule has 28 heavy (non-hydrogen) atoms. The molecule has 0 fully saturated rings. The van der Waals surface area contributed by atoms with E-state index < -0.39 is 0 Å². The van der Waals surface area contributed by atoms with Gasteiger partial charge in [-0.25, -0.2) is 4.98 Å². The van der Waals surface area contributed by atoms with Gasteiger partial charge < -0.3 is 9.73 Å². The molecule has 2 heterocycles. The molecule has 4 rings (SSSR count). The summed E-state index contributed by atoms with van der Waals surface area (Å²) >= 11 is 7.29. The average Bonchev–Trinajstić information content (AvgIpc) is 3.35. The van der Waals surface area contributed by atoms with E-state index >= 15 is 0 Å². The number of rotatable bonds is 5. The van der Waals surface area contributed by atoms with Crippen LogP contribution < -0.4 is 10.6 Å². The van der Waals surface area contributed by atoms with Gasteiger partial charge in [0.1, 0.15) is 5.76 Å². The number of carbonyl (C=O) groups excluding carboxylic acids is 2. The van der Waals surface area contributed by atoms with Crippen LogP contribution in [-0.4, -0.2) is 16.8 Å². The van der Waals surface area contributed by atoms with E-state index in [0.717, 1.165) is 29.8 Å². The quantitative estimate of drug-likeness (QED) is 0.647. The number of aryl methyl sites for hydroxylation is 1. The number of furan rings is 1. The number of halogens is 1. The Morgan fingerprint density at radius 1 is 1.25 bits per heavy atom. The van der Waals surface area contributed by atoms with Gasteiger partial charge >= 0.3 is 0 Å². The van der Waals surface area contributed by atoms with Gasteiger partial charge in [0.25, 0.3) is 5.91 Å². The molecule has 144 valence electrons. The normalized spacial score (nSPS) is 15.7. The minimum atomic E-state index is -0.309. The van der Waals surface area contributed by atoms with Crippen LogP contribution in [-0.2, 0) is 17.8 Å². The predicted octanol–water partition coefficient (Wildman–Crippen LogP) is 4.38. The summed E-state index contributed by atoms with van der Waals surface area (Å²) in [6, 6.07) is 10.3. The fourth-order valence-electron chi connectivity index (χ4n) is 3.21. The fourth-order valence-corrected chi connectivity index (χ4v) is 4.39. The number of nitrogens with one attached hydrogen (secondary N) is 2. The second-order valence-electron chi connectivity index (χ2n) is 6.53. The van der Waals surface area contributed by atoms with Gasteiger partial charge in [-0.2, -0.15) is 0 Å². The molecular weight excluding hydrogens is 398 g/mol.